The minimum Gasteiger partial charge on any atom is -0.323 e. The molecular formula is C11H19Cl2N3O. The van der Waals surface area contributed by atoms with E-state index in [2.05, 4.69) is 10.3 Å². The van der Waals surface area contributed by atoms with Gasteiger partial charge in [0.05, 0.1) is 17.4 Å². The van der Waals surface area contributed by atoms with E-state index in [1.807, 2.05) is 26.8 Å². The molecule has 98 valence electrons. The number of halogens is 2. The third-order valence-corrected chi connectivity index (χ3v) is 2.29. The second-order valence-corrected chi connectivity index (χ2v) is 3.90. The van der Waals surface area contributed by atoms with Gasteiger partial charge in [-0.05, 0) is 25.0 Å². The lowest BCUT2D eigenvalue weighted by atomic mass is 10.0. The summed E-state index contributed by atoms with van der Waals surface area (Å²) in [4.78, 5) is 15.7. The first-order valence-electron chi connectivity index (χ1n) is 5.00. The fraction of sp³-hybridized carbons (Fsp3) is 0.455. The third-order valence-electron chi connectivity index (χ3n) is 2.29. The van der Waals surface area contributed by atoms with E-state index in [1.54, 1.807) is 12.3 Å². The molecule has 1 rings (SSSR count). The summed E-state index contributed by atoms with van der Waals surface area (Å²) >= 11 is 0. The second kappa shape index (κ2) is 8.28. The first kappa shape index (κ1) is 18.5. The first-order chi connectivity index (χ1) is 7.02. The zero-order valence-corrected chi connectivity index (χ0v) is 11.8. The van der Waals surface area contributed by atoms with Gasteiger partial charge in [0.2, 0.25) is 5.91 Å². The van der Waals surface area contributed by atoms with E-state index in [-0.39, 0.29) is 36.6 Å². The van der Waals surface area contributed by atoms with E-state index < -0.39 is 6.04 Å². The molecule has 0 bridgehead atoms. The van der Waals surface area contributed by atoms with E-state index in [0.29, 0.717) is 0 Å². The smallest absolute Gasteiger partial charge is 0.241 e. The van der Waals surface area contributed by atoms with Crippen molar-refractivity contribution in [3.63, 3.8) is 0 Å². The predicted octanol–water partition coefficient (Wildman–Crippen LogP) is 2.16. The third kappa shape index (κ3) is 5.35. The summed E-state index contributed by atoms with van der Waals surface area (Å²) < 4.78 is 0. The van der Waals surface area contributed by atoms with Gasteiger partial charge in [0, 0.05) is 6.20 Å². The fourth-order valence-corrected chi connectivity index (χ4v) is 1.14. The number of pyridine rings is 1. The van der Waals surface area contributed by atoms with Crippen LogP contribution in [0.3, 0.4) is 0 Å². The van der Waals surface area contributed by atoms with Crippen LogP contribution in [0.25, 0.3) is 0 Å². The molecule has 0 unspecified atom stereocenters. The van der Waals surface area contributed by atoms with E-state index in [1.165, 1.54) is 0 Å². The molecule has 4 nitrogen and oxygen atoms in total. The number of amides is 1. The van der Waals surface area contributed by atoms with Crippen LogP contribution in [0.15, 0.2) is 18.3 Å². The van der Waals surface area contributed by atoms with Gasteiger partial charge in [-0.2, -0.15) is 0 Å². The van der Waals surface area contributed by atoms with Gasteiger partial charge in [-0.15, -0.1) is 24.8 Å². The highest BCUT2D eigenvalue weighted by Crippen LogP contribution is 2.11. The van der Waals surface area contributed by atoms with Crippen molar-refractivity contribution in [2.24, 2.45) is 11.7 Å². The second-order valence-electron chi connectivity index (χ2n) is 3.90. The molecular weight excluding hydrogens is 261 g/mol. The lowest BCUT2D eigenvalue weighted by Gasteiger charge is -2.15. The van der Waals surface area contributed by atoms with Crippen molar-refractivity contribution in [3.8, 4) is 0 Å². The molecule has 1 atom stereocenters. The quantitative estimate of drug-likeness (QED) is 0.891. The molecule has 1 aromatic rings. The first-order valence-corrected chi connectivity index (χ1v) is 5.00. The Bertz CT molecular complexity index is 358. The lowest BCUT2D eigenvalue weighted by Crippen LogP contribution is -2.39. The molecule has 0 fully saturated rings. The van der Waals surface area contributed by atoms with Crippen LogP contribution >= 0.6 is 24.8 Å². The Labute approximate surface area is 114 Å². The molecule has 1 amide bonds. The number of aryl methyl sites for hydroxylation is 1. The lowest BCUT2D eigenvalue weighted by molar-refractivity contribution is -0.118. The molecule has 0 radical (unpaired) electrons. The predicted molar refractivity (Wildman–Crippen MR) is 74.9 cm³/mol. The van der Waals surface area contributed by atoms with Gasteiger partial charge in [0.1, 0.15) is 0 Å². The highest BCUT2D eigenvalue weighted by atomic mass is 35.5. The maximum atomic E-state index is 11.6. The molecule has 0 saturated heterocycles. The van der Waals surface area contributed by atoms with Crippen molar-refractivity contribution in [2.75, 3.05) is 5.32 Å². The summed E-state index contributed by atoms with van der Waals surface area (Å²) in [5.41, 5.74) is 7.24. The van der Waals surface area contributed by atoms with Crippen molar-refractivity contribution in [1.82, 2.24) is 4.98 Å². The summed E-state index contributed by atoms with van der Waals surface area (Å²) in [5, 5.41) is 2.76. The van der Waals surface area contributed by atoms with Crippen LogP contribution in [0.5, 0.6) is 0 Å². The molecule has 6 heteroatoms. The SMILES string of the molecule is Cc1ncccc1NC(=O)[C@@H](N)C(C)C.Cl.Cl. The summed E-state index contributed by atoms with van der Waals surface area (Å²) in [6.45, 7) is 5.68. The van der Waals surface area contributed by atoms with Gasteiger partial charge in [0.15, 0.2) is 0 Å². The monoisotopic (exact) mass is 279 g/mol. The number of nitrogens with zero attached hydrogens (tertiary/aromatic N) is 1. The molecule has 0 aliphatic heterocycles. The zero-order valence-electron chi connectivity index (χ0n) is 10.1. The molecule has 0 aromatic carbocycles. The molecule has 1 aromatic heterocycles. The van der Waals surface area contributed by atoms with E-state index >= 15 is 0 Å². The highest BCUT2D eigenvalue weighted by molar-refractivity contribution is 5.95. The maximum absolute atomic E-state index is 11.6. The van der Waals surface area contributed by atoms with E-state index in [0.717, 1.165) is 11.4 Å². The van der Waals surface area contributed by atoms with Crippen molar-refractivity contribution in [2.45, 2.75) is 26.8 Å². The van der Waals surface area contributed by atoms with Crippen LogP contribution in [0.4, 0.5) is 5.69 Å². The molecule has 0 spiro atoms. The Balaban J connectivity index is 0. The molecule has 17 heavy (non-hydrogen) atoms. The number of carbonyl (C=O) groups is 1. The van der Waals surface area contributed by atoms with Gasteiger partial charge < -0.3 is 11.1 Å². The highest BCUT2D eigenvalue weighted by Gasteiger charge is 2.17. The minimum absolute atomic E-state index is 0. The van der Waals surface area contributed by atoms with Crippen LogP contribution in [0, 0.1) is 12.8 Å². The molecule has 1 heterocycles. The summed E-state index contributed by atoms with van der Waals surface area (Å²) in [7, 11) is 0. The van der Waals surface area contributed by atoms with Gasteiger partial charge in [-0.1, -0.05) is 13.8 Å². The number of anilines is 1. The van der Waals surface area contributed by atoms with Crippen molar-refractivity contribution < 1.29 is 4.79 Å². The van der Waals surface area contributed by atoms with Crippen LogP contribution in [0.2, 0.25) is 0 Å². The Hall–Kier alpha value is -0.840. The standard InChI is InChI=1S/C11H17N3O.2ClH/c1-7(2)10(12)11(15)14-9-5-4-6-13-8(9)3;;/h4-7,10H,12H2,1-3H3,(H,14,15);2*1H/t10-;;/m0../s1. The zero-order chi connectivity index (χ0) is 11.4. The largest absolute Gasteiger partial charge is 0.323 e. The van der Waals surface area contributed by atoms with Crippen molar-refractivity contribution in [3.05, 3.63) is 24.0 Å². The Morgan fingerprint density at radius 1 is 1.41 bits per heavy atom. The molecule has 0 saturated carbocycles. The number of carbonyl (C=O) groups excluding carboxylic acids is 1. The Kier molecular flexibility index (Phi) is 9.02. The summed E-state index contributed by atoms with van der Waals surface area (Å²) in [6.07, 6.45) is 1.69. The average molecular weight is 280 g/mol. The van der Waals surface area contributed by atoms with Gasteiger partial charge in [-0.3, -0.25) is 9.78 Å². The number of aromatic nitrogens is 1. The minimum atomic E-state index is -0.482. The van der Waals surface area contributed by atoms with Crippen molar-refractivity contribution >= 4 is 36.4 Å². The molecule has 0 aliphatic rings. The number of nitrogens with one attached hydrogen (secondary N) is 1. The van der Waals surface area contributed by atoms with Gasteiger partial charge in [0.25, 0.3) is 0 Å². The number of nitrogens with two attached hydrogens (primary N) is 1. The maximum Gasteiger partial charge on any atom is 0.241 e. The van der Waals surface area contributed by atoms with E-state index in [4.69, 9.17) is 5.73 Å². The molecule has 3 N–H and O–H groups in total. The topological polar surface area (TPSA) is 68.0 Å². The van der Waals surface area contributed by atoms with Crippen LogP contribution in [-0.4, -0.2) is 16.9 Å². The Morgan fingerprint density at radius 3 is 2.47 bits per heavy atom. The summed E-state index contributed by atoms with van der Waals surface area (Å²) in [6, 6.07) is 3.11. The van der Waals surface area contributed by atoms with Crippen LogP contribution in [0.1, 0.15) is 19.5 Å². The van der Waals surface area contributed by atoms with Gasteiger partial charge in [-0.25, -0.2) is 0 Å². The number of hydrogen-bond acceptors (Lipinski definition) is 3. The van der Waals surface area contributed by atoms with Crippen LogP contribution in [-0.2, 0) is 4.79 Å². The number of rotatable bonds is 3. The number of hydrogen-bond donors (Lipinski definition) is 2. The van der Waals surface area contributed by atoms with Crippen molar-refractivity contribution in [1.29, 1.82) is 0 Å². The molecule has 0 aliphatic carbocycles. The fourth-order valence-electron chi connectivity index (χ4n) is 1.14. The van der Waals surface area contributed by atoms with Gasteiger partial charge >= 0.3 is 0 Å². The Morgan fingerprint density at radius 2 is 2.00 bits per heavy atom. The van der Waals surface area contributed by atoms with E-state index in [9.17, 15) is 4.79 Å². The average Bonchev–Trinajstić information content (AvgIpc) is 2.20. The summed E-state index contributed by atoms with van der Waals surface area (Å²) in [5.74, 6) is -0.0388. The normalized spacial score (nSPS) is 11.1. The van der Waals surface area contributed by atoms with Crippen LogP contribution < -0.4 is 11.1 Å².